The molecule has 5 aliphatic rings. The minimum atomic E-state index is -5.21. The SMILES string of the molecule is C#CCOC(=O)C1OS(=O)(=O)CS(=O)(=O)OC1C(=O)OCC#C.C=CCOC(=O)C1OS(=O)(=O)CS(=O)(=O)OC1C(=O)OCC=C.CCOC(=O)C1COS(=O)(=O)C(C)S(=O)(=O)O1.COC(=O)C1COS(=O)(=O)C(C)S(=O)(=O)O1.O=C(OCC(F)(F)F)C1OS(=O)(=O)CS(=O)(=O)OC1C(=O)OCC(F)(F)F. The van der Waals surface area contributed by atoms with Gasteiger partial charge in [0.25, 0.3) is 101 Å². The van der Waals surface area contributed by atoms with Crippen molar-refractivity contribution in [3.63, 3.8) is 0 Å². The summed E-state index contributed by atoms with van der Waals surface area (Å²) in [6.45, 7) is 2.05. The van der Waals surface area contributed by atoms with Gasteiger partial charge in [0.05, 0.1) is 13.7 Å². The maximum atomic E-state index is 12.1. The highest BCUT2D eigenvalue weighted by Gasteiger charge is 2.53. The Labute approximate surface area is 597 Å². The van der Waals surface area contributed by atoms with Crippen molar-refractivity contribution in [2.75, 3.05) is 81.8 Å². The number of rotatable bonds is 17. The number of hydrogen-bond donors (Lipinski definition) is 0. The predicted molar refractivity (Wildman–Crippen MR) is 318 cm³/mol. The molecule has 0 aromatic carbocycles. The number of ether oxygens (including phenoxy) is 8. The quantitative estimate of drug-likeness (QED) is 0.0326. The number of carbonyl (C=O) groups is 8. The molecule has 46 nitrogen and oxygen atoms in total. The van der Waals surface area contributed by atoms with Gasteiger partial charge in [0.1, 0.15) is 26.4 Å². The maximum absolute atomic E-state index is 12.1. The average molecular weight is 1750 g/mol. The maximum Gasteiger partial charge on any atom is 0.422 e. The first-order valence-electron chi connectivity index (χ1n) is 26.6. The highest BCUT2D eigenvalue weighted by atomic mass is 32.3. The smallest absolute Gasteiger partial charge is 0.422 e. The number of carbonyl (C=O) groups excluding carboxylic acids is 8. The Bertz CT molecular complexity index is 4350. The van der Waals surface area contributed by atoms with Gasteiger partial charge in [-0.3, -0.25) is 41.8 Å². The van der Waals surface area contributed by atoms with Crippen LogP contribution in [0.2, 0.25) is 0 Å². The van der Waals surface area contributed by atoms with E-state index in [4.69, 9.17) is 12.8 Å². The molecule has 106 heavy (non-hydrogen) atoms. The Hall–Kier alpha value is -6.96. The van der Waals surface area contributed by atoms with Crippen LogP contribution in [0.15, 0.2) is 25.3 Å². The number of methoxy groups -OCH3 is 1. The molecule has 0 radical (unpaired) electrons. The van der Waals surface area contributed by atoms with Crippen LogP contribution in [0.4, 0.5) is 26.3 Å². The molecule has 5 saturated heterocycles. The van der Waals surface area contributed by atoms with Crippen LogP contribution in [-0.4, -0.2) is 284 Å². The fraction of sp³-hybridized carbons (Fsp3) is 0.636. The summed E-state index contributed by atoms with van der Waals surface area (Å²) in [4.78, 5) is 92.7. The van der Waals surface area contributed by atoms with Crippen molar-refractivity contribution in [3.8, 4) is 24.7 Å². The second-order valence-electron chi connectivity index (χ2n) is 18.8. The zero-order valence-corrected chi connectivity index (χ0v) is 61.3. The Morgan fingerprint density at radius 1 is 0.396 bits per heavy atom. The van der Waals surface area contributed by atoms with E-state index in [9.17, 15) is 149 Å². The van der Waals surface area contributed by atoms with Gasteiger partial charge in [-0.25, -0.2) is 38.4 Å². The lowest BCUT2D eigenvalue weighted by atomic mass is 10.2. The molecule has 5 rings (SSSR count). The van der Waals surface area contributed by atoms with E-state index in [-0.39, 0.29) is 19.8 Å². The van der Waals surface area contributed by atoms with Gasteiger partial charge in [-0.15, -0.1) is 12.8 Å². The molecular weight excluding hydrogens is 1700 g/mol. The van der Waals surface area contributed by atoms with Crippen LogP contribution in [0.1, 0.15) is 20.8 Å². The van der Waals surface area contributed by atoms with Crippen LogP contribution in [0, 0.1) is 24.7 Å². The van der Waals surface area contributed by atoms with Crippen LogP contribution in [0.5, 0.6) is 0 Å². The van der Waals surface area contributed by atoms with E-state index in [1.165, 1.54) is 19.1 Å². The Kier molecular flexibility index (Phi) is 36.1. The monoisotopic (exact) mass is 1750 g/mol. The van der Waals surface area contributed by atoms with Gasteiger partial charge in [0.2, 0.25) is 61.0 Å². The van der Waals surface area contributed by atoms with E-state index in [0.29, 0.717) is 0 Å². The predicted octanol–water partition coefficient (Wildman–Crippen LogP) is -6.26. The average Bonchev–Trinajstić information content (AvgIpc) is 1.67. The van der Waals surface area contributed by atoms with Crippen molar-refractivity contribution in [1.82, 2.24) is 0 Å². The highest BCUT2D eigenvalue weighted by Crippen LogP contribution is 2.28. The summed E-state index contributed by atoms with van der Waals surface area (Å²) in [5, 5.41) is -5.14. The number of alkyl halides is 6. The third kappa shape index (κ3) is 33.3. The van der Waals surface area contributed by atoms with Gasteiger partial charge in [-0.1, -0.05) is 37.2 Å². The van der Waals surface area contributed by atoms with Crippen molar-refractivity contribution in [1.29, 1.82) is 0 Å². The third-order valence-electron chi connectivity index (χ3n) is 10.5. The summed E-state index contributed by atoms with van der Waals surface area (Å²) in [5.74, 6) is -8.17. The van der Waals surface area contributed by atoms with Crippen LogP contribution in [0.25, 0.3) is 0 Å². The van der Waals surface area contributed by atoms with Crippen molar-refractivity contribution >= 4 is 149 Å². The molecule has 10 atom stereocenters. The molecule has 62 heteroatoms. The van der Waals surface area contributed by atoms with Crippen LogP contribution in [0.3, 0.4) is 0 Å². The molecule has 5 aliphatic heterocycles. The van der Waals surface area contributed by atoms with E-state index in [2.05, 4.69) is 92.9 Å². The van der Waals surface area contributed by atoms with Crippen LogP contribution >= 0.6 is 0 Å². The van der Waals surface area contributed by atoms with Gasteiger partial charge in [-0.05, 0) is 20.8 Å². The zero-order chi connectivity index (χ0) is 82.4. The van der Waals surface area contributed by atoms with Gasteiger partial charge in [0.15, 0.2) is 38.6 Å². The molecule has 10 unspecified atom stereocenters. The van der Waals surface area contributed by atoms with E-state index in [0.717, 1.165) is 21.0 Å². The first kappa shape index (κ1) is 97.1. The molecule has 0 spiro atoms. The molecule has 0 amide bonds. The lowest BCUT2D eigenvalue weighted by Gasteiger charge is -2.20. The molecular formula is C44H54F6O46S10. The number of esters is 8. The number of hydrogen-bond acceptors (Lipinski definition) is 46. The fourth-order valence-corrected chi connectivity index (χ4v) is 19.8. The highest BCUT2D eigenvalue weighted by molar-refractivity contribution is 8.06. The van der Waals surface area contributed by atoms with Gasteiger partial charge in [0, 0.05) is 0 Å². The lowest BCUT2D eigenvalue weighted by molar-refractivity contribution is -0.200. The van der Waals surface area contributed by atoms with Gasteiger partial charge < -0.3 is 37.9 Å². The molecule has 0 N–H and O–H groups in total. The van der Waals surface area contributed by atoms with Gasteiger partial charge in [-0.2, -0.15) is 111 Å². The second kappa shape index (κ2) is 39.4. The molecule has 608 valence electrons. The summed E-state index contributed by atoms with van der Waals surface area (Å²) >= 11 is 0. The lowest BCUT2D eigenvalue weighted by Crippen LogP contribution is -2.46. The molecule has 5 fully saturated rings. The first-order chi connectivity index (χ1) is 48.0. The molecule has 5 heterocycles. The van der Waals surface area contributed by atoms with E-state index in [1.807, 2.05) is 11.8 Å². The normalized spacial score (nSPS) is 27.4. The van der Waals surface area contributed by atoms with E-state index >= 15 is 0 Å². The molecule has 0 aromatic rings. The standard InChI is InChI=1S/C11H14O10S2.C11H10O10S2.C9H8F6O10S2.C7H12O8S2.C6H10O8S2/c2*1-3-5-18-10(12)8-9(11(13)19-6-4-2)21-23(16,17)7-22(14,15)20-8;10-8(11,12)1-22-6(16)4-5(7(17)23-2-9(13,14)15)25-27(20,21)3-26(18,19)24-4;1-3-13-7(8)6-4-14-16(9,10)5(2)17(11,12)15-6;1-4-15(8,9)13-3-5(6(7)12-2)14-16(4,10)11/h3-4,8-9H,1-2,5-7H2;1-2,8-9H,5-7H2;4-5H,1-3H2;5-6H,3-4H2,1-2H3;4-5H,3H2,1-2H3. The number of halogens is 6. The summed E-state index contributed by atoms with van der Waals surface area (Å²) in [7, 11) is -45.8. The topological polar surface area (TPSA) is 644 Å². The third-order valence-corrected chi connectivity index (χ3v) is 28.5. The van der Waals surface area contributed by atoms with Crippen molar-refractivity contribution in [2.45, 2.75) is 91.1 Å². The number of terminal acetylenes is 2. The zero-order valence-electron chi connectivity index (χ0n) is 53.1. The van der Waals surface area contributed by atoms with Crippen LogP contribution < -0.4 is 0 Å². The Morgan fingerprint density at radius 2 is 0.642 bits per heavy atom. The van der Waals surface area contributed by atoms with E-state index in [1.54, 1.807) is 0 Å². The Morgan fingerprint density at radius 3 is 0.868 bits per heavy atom. The minimum Gasteiger partial charge on any atom is -0.467 e. The van der Waals surface area contributed by atoms with Crippen molar-refractivity contribution in [2.24, 2.45) is 0 Å². The molecule has 0 saturated carbocycles. The van der Waals surface area contributed by atoms with E-state index < -0.39 is 274 Å². The van der Waals surface area contributed by atoms with Gasteiger partial charge >= 0.3 is 60.1 Å². The summed E-state index contributed by atoms with van der Waals surface area (Å²) in [5.41, 5.74) is 0. The van der Waals surface area contributed by atoms with Crippen molar-refractivity contribution in [3.05, 3.63) is 25.3 Å². The largest absolute Gasteiger partial charge is 0.467 e. The molecule has 0 bridgehead atoms. The molecule has 0 aliphatic carbocycles. The van der Waals surface area contributed by atoms with Crippen LogP contribution in [-0.2, 0) is 219 Å². The first-order valence-corrected chi connectivity index (χ1v) is 41.9. The summed E-state index contributed by atoms with van der Waals surface area (Å²) < 4.78 is 375. The molecule has 0 aromatic heterocycles. The minimum absolute atomic E-state index is 0.0149. The summed E-state index contributed by atoms with van der Waals surface area (Å²) in [6, 6.07) is 0. The summed E-state index contributed by atoms with van der Waals surface area (Å²) in [6.07, 6.45) is -16.2. The van der Waals surface area contributed by atoms with Crippen molar-refractivity contribution < 1.29 is 229 Å². The Balaban J connectivity index is 0.000000670. The fourth-order valence-electron chi connectivity index (χ4n) is 6.14. The second-order valence-corrected chi connectivity index (χ2v) is 37.7.